The maximum atomic E-state index is 12.4. The Bertz CT molecular complexity index is 523. The predicted molar refractivity (Wildman–Crippen MR) is 55.0 cm³/mol. The second-order valence-electron chi connectivity index (χ2n) is 3.40. The molecule has 2 aromatic heterocycles. The molecule has 0 amide bonds. The molecule has 0 N–H and O–H groups in total. The number of nitrogens with zero attached hydrogens (tertiary/aromatic N) is 3. The highest BCUT2D eigenvalue weighted by Gasteiger charge is 2.32. The molecule has 0 aliphatic rings. The molecule has 17 heavy (non-hydrogen) atoms. The van der Waals surface area contributed by atoms with Gasteiger partial charge in [-0.25, -0.2) is 15.0 Å². The van der Waals surface area contributed by atoms with Crippen LogP contribution in [-0.2, 0) is 6.18 Å². The van der Waals surface area contributed by atoms with Crippen molar-refractivity contribution in [3.8, 4) is 11.4 Å². The quantitative estimate of drug-likeness (QED) is 0.768. The van der Waals surface area contributed by atoms with E-state index in [0.717, 1.165) is 6.07 Å². The van der Waals surface area contributed by atoms with Crippen LogP contribution in [0, 0.1) is 6.92 Å². The van der Waals surface area contributed by atoms with Crippen molar-refractivity contribution >= 4 is 0 Å². The lowest BCUT2D eigenvalue weighted by atomic mass is 10.1. The topological polar surface area (TPSA) is 38.7 Å². The number of aromatic nitrogens is 3. The molecule has 0 saturated heterocycles. The van der Waals surface area contributed by atoms with Gasteiger partial charge < -0.3 is 0 Å². The number of hydrogen-bond donors (Lipinski definition) is 0. The second-order valence-corrected chi connectivity index (χ2v) is 3.40. The highest BCUT2D eigenvalue weighted by atomic mass is 19.4. The van der Waals surface area contributed by atoms with Crippen molar-refractivity contribution in [1.82, 2.24) is 15.0 Å². The number of rotatable bonds is 1. The lowest BCUT2D eigenvalue weighted by molar-refractivity contribution is -0.141. The molecule has 0 unspecified atom stereocenters. The third kappa shape index (κ3) is 2.41. The number of halogens is 3. The van der Waals surface area contributed by atoms with Crippen LogP contribution in [0.1, 0.15) is 11.4 Å². The molecule has 6 heteroatoms. The Labute approximate surface area is 95.4 Å². The van der Waals surface area contributed by atoms with Crippen molar-refractivity contribution < 1.29 is 13.2 Å². The first-order chi connectivity index (χ1) is 7.98. The zero-order valence-corrected chi connectivity index (χ0v) is 8.86. The van der Waals surface area contributed by atoms with Crippen molar-refractivity contribution in [1.29, 1.82) is 0 Å². The number of hydrogen-bond acceptors (Lipinski definition) is 3. The Balaban J connectivity index is 2.46. The molecule has 0 bridgehead atoms. The van der Waals surface area contributed by atoms with Crippen LogP contribution >= 0.6 is 0 Å². The van der Waals surface area contributed by atoms with E-state index < -0.39 is 11.9 Å². The van der Waals surface area contributed by atoms with Gasteiger partial charge in [0.2, 0.25) is 0 Å². The Morgan fingerprint density at radius 1 is 1.06 bits per heavy atom. The Kier molecular flexibility index (Phi) is 2.79. The minimum Gasteiger partial charge on any atom is -0.248 e. The fourth-order valence-corrected chi connectivity index (χ4v) is 1.39. The van der Waals surface area contributed by atoms with Crippen LogP contribution in [0.2, 0.25) is 0 Å². The number of aryl methyl sites for hydroxylation is 1. The van der Waals surface area contributed by atoms with Crippen LogP contribution in [0.5, 0.6) is 0 Å². The summed E-state index contributed by atoms with van der Waals surface area (Å²) in [5.74, 6) is 0.367. The summed E-state index contributed by atoms with van der Waals surface area (Å²) in [5, 5.41) is 0. The van der Waals surface area contributed by atoms with E-state index in [1.165, 1.54) is 25.4 Å². The van der Waals surface area contributed by atoms with Crippen LogP contribution in [0.25, 0.3) is 11.4 Å². The van der Waals surface area contributed by atoms with E-state index in [1.54, 1.807) is 6.07 Å². The van der Waals surface area contributed by atoms with E-state index in [2.05, 4.69) is 15.0 Å². The summed E-state index contributed by atoms with van der Waals surface area (Å²) >= 11 is 0. The summed E-state index contributed by atoms with van der Waals surface area (Å²) < 4.78 is 37.2. The third-order valence-corrected chi connectivity index (χ3v) is 2.18. The highest BCUT2D eigenvalue weighted by Crippen LogP contribution is 2.29. The first-order valence-electron chi connectivity index (χ1n) is 4.81. The Morgan fingerprint density at radius 2 is 1.71 bits per heavy atom. The molecule has 0 aliphatic carbocycles. The molecular weight excluding hydrogens is 231 g/mol. The molecule has 88 valence electrons. The van der Waals surface area contributed by atoms with Gasteiger partial charge in [-0.1, -0.05) is 0 Å². The largest absolute Gasteiger partial charge is 0.433 e. The Hall–Kier alpha value is -1.98. The molecule has 2 aromatic rings. The first kappa shape index (κ1) is 11.5. The molecule has 0 fully saturated rings. The number of pyridine rings is 1. The highest BCUT2D eigenvalue weighted by molar-refractivity contribution is 5.57. The standard InChI is InChI=1S/C11H8F3N3/c1-7-8(10-15-5-2-6-16-10)3-4-9(17-7)11(12,13)14/h2-6H,1H3. The van der Waals surface area contributed by atoms with Gasteiger partial charge >= 0.3 is 6.18 Å². The van der Waals surface area contributed by atoms with Gasteiger partial charge in [-0.2, -0.15) is 13.2 Å². The summed E-state index contributed by atoms with van der Waals surface area (Å²) in [6.07, 6.45) is -1.38. The lowest BCUT2D eigenvalue weighted by Crippen LogP contribution is -2.09. The van der Waals surface area contributed by atoms with Gasteiger partial charge in [0.15, 0.2) is 5.82 Å². The van der Waals surface area contributed by atoms with E-state index in [0.29, 0.717) is 11.4 Å². The summed E-state index contributed by atoms with van der Waals surface area (Å²) in [5.41, 5.74) is -0.153. The molecule has 3 nitrogen and oxygen atoms in total. The maximum absolute atomic E-state index is 12.4. The minimum atomic E-state index is -4.43. The van der Waals surface area contributed by atoms with Crippen molar-refractivity contribution in [2.45, 2.75) is 13.1 Å². The number of alkyl halides is 3. The molecule has 0 atom stereocenters. The molecule has 0 aromatic carbocycles. The predicted octanol–water partition coefficient (Wildman–Crippen LogP) is 2.87. The van der Waals surface area contributed by atoms with E-state index in [4.69, 9.17) is 0 Å². The van der Waals surface area contributed by atoms with Gasteiger partial charge in [-0.15, -0.1) is 0 Å². The summed E-state index contributed by atoms with van der Waals surface area (Å²) in [6, 6.07) is 3.90. The lowest BCUT2D eigenvalue weighted by Gasteiger charge is -2.08. The van der Waals surface area contributed by atoms with E-state index >= 15 is 0 Å². The molecular formula is C11H8F3N3. The zero-order valence-electron chi connectivity index (χ0n) is 8.86. The molecule has 0 saturated carbocycles. The van der Waals surface area contributed by atoms with Gasteiger partial charge in [0.05, 0.1) is 0 Å². The normalized spacial score (nSPS) is 11.5. The Morgan fingerprint density at radius 3 is 2.24 bits per heavy atom. The first-order valence-corrected chi connectivity index (χ1v) is 4.81. The monoisotopic (exact) mass is 239 g/mol. The van der Waals surface area contributed by atoms with Gasteiger partial charge in [-0.3, -0.25) is 0 Å². The maximum Gasteiger partial charge on any atom is 0.433 e. The van der Waals surface area contributed by atoms with Crippen molar-refractivity contribution in [3.05, 3.63) is 42.0 Å². The molecule has 0 spiro atoms. The molecule has 2 rings (SSSR count). The van der Waals surface area contributed by atoms with Crippen molar-refractivity contribution in [2.75, 3.05) is 0 Å². The van der Waals surface area contributed by atoms with Gasteiger partial charge in [0.1, 0.15) is 5.69 Å². The average Bonchev–Trinajstić information content (AvgIpc) is 2.29. The SMILES string of the molecule is Cc1nc(C(F)(F)F)ccc1-c1ncccn1. The second kappa shape index (κ2) is 4.12. The van der Waals surface area contributed by atoms with Gasteiger partial charge in [0, 0.05) is 23.7 Å². The van der Waals surface area contributed by atoms with Gasteiger partial charge in [0.25, 0.3) is 0 Å². The van der Waals surface area contributed by atoms with Crippen LogP contribution in [0.4, 0.5) is 13.2 Å². The summed E-state index contributed by atoms with van der Waals surface area (Å²) in [4.78, 5) is 11.5. The van der Waals surface area contributed by atoms with E-state index in [1.807, 2.05) is 0 Å². The minimum absolute atomic E-state index is 0.256. The smallest absolute Gasteiger partial charge is 0.248 e. The molecule has 0 radical (unpaired) electrons. The van der Waals surface area contributed by atoms with Crippen LogP contribution in [0.3, 0.4) is 0 Å². The van der Waals surface area contributed by atoms with Crippen LogP contribution < -0.4 is 0 Å². The summed E-state index contributed by atoms with van der Waals surface area (Å²) in [6.45, 7) is 1.50. The van der Waals surface area contributed by atoms with Crippen LogP contribution in [-0.4, -0.2) is 15.0 Å². The van der Waals surface area contributed by atoms with Crippen molar-refractivity contribution in [3.63, 3.8) is 0 Å². The van der Waals surface area contributed by atoms with Crippen molar-refractivity contribution in [2.24, 2.45) is 0 Å². The third-order valence-electron chi connectivity index (χ3n) is 2.18. The molecule has 2 heterocycles. The van der Waals surface area contributed by atoms with E-state index in [-0.39, 0.29) is 5.69 Å². The van der Waals surface area contributed by atoms with Crippen LogP contribution in [0.15, 0.2) is 30.6 Å². The summed E-state index contributed by atoms with van der Waals surface area (Å²) in [7, 11) is 0. The van der Waals surface area contributed by atoms with E-state index in [9.17, 15) is 13.2 Å². The fourth-order valence-electron chi connectivity index (χ4n) is 1.39. The average molecular weight is 239 g/mol. The van der Waals surface area contributed by atoms with Gasteiger partial charge in [-0.05, 0) is 25.1 Å². The zero-order chi connectivity index (χ0) is 12.5. The fraction of sp³-hybridized carbons (Fsp3) is 0.182. The molecule has 0 aliphatic heterocycles.